The molecule has 2 rings (SSSR count). The van der Waals surface area contributed by atoms with E-state index < -0.39 is 0 Å². The molecule has 1 heterocycles. The van der Waals surface area contributed by atoms with E-state index in [9.17, 15) is 9.50 Å². The molecule has 1 N–H and O–H groups in total. The van der Waals surface area contributed by atoms with Crippen LogP contribution in [0.1, 0.15) is 19.5 Å². The summed E-state index contributed by atoms with van der Waals surface area (Å²) in [7, 11) is 0. The summed E-state index contributed by atoms with van der Waals surface area (Å²) in [6.45, 7) is 3.72. The molecule has 0 amide bonds. The van der Waals surface area contributed by atoms with Crippen LogP contribution in [0.25, 0.3) is 11.5 Å². The highest BCUT2D eigenvalue weighted by molar-refractivity contribution is 7.99. The van der Waals surface area contributed by atoms with Crippen molar-refractivity contribution < 1.29 is 13.9 Å². The van der Waals surface area contributed by atoms with Crippen LogP contribution in [0.2, 0.25) is 0 Å². The number of aromatic nitrogens is 1. The fraction of sp³-hybridized carbons (Fsp3) is 0.357. The van der Waals surface area contributed by atoms with E-state index in [4.69, 9.17) is 4.42 Å². The summed E-state index contributed by atoms with van der Waals surface area (Å²) in [5, 5.41) is 9.54. The largest absolute Gasteiger partial charge is 0.444 e. The molecule has 0 saturated heterocycles. The van der Waals surface area contributed by atoms with E-state index in [0.29, 0.717) is 17.2 Å². The van der Waals surface area contributed by atoms with Crippen molar-refractivity contribution in [2.24, 2.45) is 0 Å². The zero-order valence-electron chi connectivity index (χ0n) is 10.8. The van der Waals surface area contributed by atoms with Crippen LogP contribution in [0.5, 0.6) is 0 Å². The monoisotopic (exact) mass is 281 g/mol. The van der Waals surface area contributed by atoms with Crippen LogP contribution in [0.15, 0.2) is 34.9 Å². The third-order valence-electron chi connectivity index (χ3n) is 2.80. The molecule has 0 fully saturated rings. The van der Waals surface area contributed by atoms with Gasteiger partial charge in [-0.05, 0) is 25.1 Å². The number of hydrogen-bond acceptors (Lipinski definition) is 4. The summed E-state index contributed by atoms with van der Waals surface area (Å²) in [6, 6.07) is 6.15. The van der Waals surface area contributed by atoms with Crippen molar-refractivity contribution in [2.45, 2.75) is 31.0 Å². The Hall–Kier alpha value is -1.33. The molecular formula is C14H16FNO2S. The van der Waals surface area contributed by atoms with E-state index in [1.54, 1.807) is 37.1 Å². The summed E-state index contributed by atoms with van der Waals surface area (Å²) in [6.07, 6.45) is 1.21. The summed E-state index contributed by atoms with van der Waals surface area (Å²) < 4.78 is 18.4. The number of rotatable bonds is 5. The second-order valence-electron chi connectivity index (χ2n) is 4.41. The molecule has 0 bridgehead atoms. The Morgan fingerprint density at radius 2 is 2.21 bits per heavy atom. The van der Waals surface area contributed by atoms with Gasteiger partial charge in [0.1, 0.15) is 12.1 Å². The molecular weight excluding hydrogens is 265 g/mol. The van der Waals surface area contributed by atoms with Gasteiger partial charge in [-0.25, -0.2) is 9.37 Å². The van der Waals surface area contributed by atoms with Gasteiger partial charge in [0.05, 0.1) is 11.8 Å². The normalized spacial score (nSPS) is 14.3. The SMILES string of the molecule is CC(O)C(C)SCc1coc(-c2cccc(F)c2)n1. The Labute approximate surface area is 115 Å². The molecule has 3 nitrogen and oxygen atoms in total. The topological polar surface area (TPSA) is 46.3 Å². The van der Waals surface area contributed by atoms with E-state index in [1.165, 1.54) is 12.1 Å². The van der Waals surface area contributed by atoms with Gasteiger partial charge >= 0.3 is 0 Å². The van der Waals surface area contributed by atoms with Crippen LogP contribution in [-0.2, 0) is 5.75 Å². The maximum absolute atomic E-state index is 13.1. The molecule has 2 unspecified atom stereocenters. The predicted molar refractivity (Wildman–Crippen MR) is 74.3 cm³/mol. The first-order valence-electron chi connectivity index (χ1n) is 6.06. The average molecular weight is 281 g/mol. The Bertz CT molecular complexity index is 542. The fourth-order valence-corrected chi connectivity index (χ4v) is 2.33. The van der Waals surface area contributed by atoms with Crippen molar-refractivity contribution in [3.63, 3.8) is 0 Å². The number of halogens is 1. The Balaban J connectivity index is 2.03. The highest BCUT2D eigenvalue weighted by Gasteiger charge is 2.12. The molecule has 0 saturated carbocycles. The lowest BCUT2D eigenvalue weighted by Gasteiger charge is -2.12. The smallest absolute Gasteiger partial charge is 0.226 e. The maximum atomic E-state index is 13.1. The van der Waals surface area contributed by atoms with Crippen molar-refractivity contribution in [3.05, 3.63) is 42.0 Å². The van der Waals surface area contributed by atoms with Gasteiger partial charge < -0.3 is 9.52 Å². The maximum Gasteiger partial charge on any atom is 0.226 e. The van der Waals surface area contributed by atoms with Gasteiger partial charge in [0.25, 0.3) is 0 Å². The van der Waals surface area contributed by atoms with Gasteiger partial charge in [-0.3, -0.25) is 0 Å². The van der Waals surface area contributed by atoms with Crippen LogP contribution in [0.4, 0.5) is 4.39 Å². The lowest BCUT2D eigenvalue weighted by atomic mass is 10.2. The fourth-order valence-electron chi connectivity index (χ4n) is 1.48. The van der Waals surface area contributed by atoms with E-state index in [2.05, 4.69) is 4.98 Å². The molecule has 2 aromatic rings. The zero-order valence-corrected chi connectivity index (χ0v) is 11.7. The quantitative estimate of drug-likeness (QED) is 0.911. The minimum absolute atomic E-state index is 0.134. The first-order chi connectivity index (χ1) is 9.06. The molecule has 0 aliphatic rings. The van der Waals surface area contributed by atoms with Crippen LogP contribution < -0.4 is 0 Å². The highest BCUT2D eigenvalue weighted by Crippen LogP contribution is 2.23. The molecule has 0 radical (unpaired) electrons. The van der Waals surface area contributed by atoms with Crippen LogP contribution in [0.3, 0.4) is 0 Å². The molecule has 1 aromatic carbocycles. The third kappa shape index (κ3) is 3.81. The first kappa shape index (κ1) is 14.1. The Morgan fingerprint density at radius 3 is 2.89 bits per heavy atom. The minimum atomic E-state index is -0.361. The van der Waals surface area contributed by atoms with Crippen LogP contribution in [-0.4, -0.2) is 21.4 Å². The zero-order chi connectivity index (χ0) is 13.8. The molecule has 5 heteroatoms. The molecule has 102 valence electrons. The number of benzene rings is 1. The number of hydrogen-bond donors (Lipinski definition) is 1. The molecule has 1 aromatic heterocycles. The molecule has 0 spiro atoms. The summed E-state index contributed by atoms with van der Waals surface area (Å²) >= 11 is 1.60. The first-order valence-corrected chi connectivity index (χ1v) is 7.11. The Morgan fingerprint density at radius 1 is 1.42 bits per heavy atom. The van der Waals surface area contributed by atoms with E-state index >= 15 is 0 Å². The molecule has 0 aliphatic carbocycles. The van der Waals surface area contributed by atoms with Crippen molar-refractivity contribution in [2.75, 3.05) is 0 Å². The summed E-state index contributed by atoms with van der Waals surface area (Å²) in [5.74, 6) is 0.763. The molecule has 2 atom stereocenters. The van der Waals surface area contributed by atoms with Crippen LogP contribution in [0, 0.1) is 5.82 Å². The van der Waals surface area contributed by atoms with Crippen molar-refractivity contribution in [1.29, 1.82) is 0 Å². The van der Waals surface area contributed by atoms with Gasteiger partial charge in [-0.1, -0.05) is 13.0 Å². The highest BCUT2D eigenvalue weighted by atomic mass is 32.2. The van der Waals surface area contributed by atoms with E-state index in [1.807, 2.05) is 6.92 Å². The standard InChI is InChI=1S/C14H16FNO2S/c1-9(17)10(2)19-8-13-7-18-14(16-13)11-4-3-5-12(15)6-11/h3-7,9-10,17H,8H2,1-2H3. The van der Waals surface area contributed by atoms with Crippen LogP contribution >= 0.6 is 11.8 Å². The second kappa shape index (κ2) is 6.21. The minimum Gasteiger partial charge on any atom is -0.444 e. The predicted octanol–water partition coefficient (Wildman–Crippen LogP) is 3.48. The Kier molecular flexibility index (Phi) is 4.61. The lowest BCUT2D eigenvalue weighted by molar-refractivity contribution is 0.196. The number of thioether (sulfide) groups is 1. The number of aliphatic hydroxyl groups is 1. The van der Waals surface area contributed by atoms with Gasteiger partial charge in [-0.15, -0.1) is 11.8 Å². The van der Waals surface area contributed by atoms with Crippen molar-refractivity contribution >= 4 is 11.8 Å². The van der Waals surface area contributed by atoms with Gasteiger partial charge in [0, 0.05) is 16.6 Å². The second-order valence-corrected chi connectivity index (χ2v) is 5.78. The number of nitrogens with zero attached hydrogens (tertiary/aromatic N) is 1. The number of aliphatic hydroxyl groups excluding tert-OH is 1. The number of oxazole rings is 1. The van der Waals surface area contributed by atoms with Gasteiger partial charge in [0.2, 0.25) is 5.89 Å². The third-order valence-corrected chi connectivity index (χ3v) is 4.18. The van der Waals surface area contributed by atoms with Crippen molar-refractivity contribution in [1.82, 2.24) is 4.98 Å². The summed E-state index contributed by atoms with van der Waals surface area (Å²) in [4.78, 5) is 4.32. The molecule has 0 aliphatic heterocycles. The molecule has 19 heavy (non-hydrogen) atoms. The summed E-state index contributed by atoms with van der Waals surface area (Å²) in [5.41, 5.74) is 1.41. The van der Waals surface area contributed by atoms with Gasteiger partial charge in [-0.2, -0.15) is 0 Å². The average Bonchev–Trinajstić information content (AvgIpc) is 2.84. The van der Waals surface area contributed by atoms with Crippen molar-refractivity contribution in [3.8, 4) is 11.5 Å². The van der Waals surface area contributed by atoms with E-state index in [0.717, 1.165) is 5.69 Å². The van der Waals surface area contributed by atoms with Gasteiger partial charge in [0.15, 0.2) is 0 Å². The van der Waals surface area contributed by atoms with E-state index in [-0.39, 0.29) is 17.2 Å². The lowest BCUT2D eigenvalue weighted by Crippen LogP contribution is -2.15.